The van der Waals surface area contributed by atoms with Gasteiger partial charge in [0.1, 0.15) is 11.4 Å². The van der Waals surface area contributed by atoms with Crippen molar-refractivity contribution in [1.29, 1.82) is 0 Å². The lowest BCUT2D eigenvalue weighted by Crippen LogP contribution is -2.31. The molecule has 0 atom stereocenters. The third-order valence-electron chi connectivity index (χ3n) is 3.27. The van der Waals surface area contributed by atoms with E-state index < -0.39 is 11.5 Å². The smallest absolute Gasteiger partial charge is 0.329 e. The molecule has 0 radical (unpaired) electrons. The molecule has 1 saturated carbocycles. The summed E-state index contributed by atoms with van der Waals surface area (Å²) in [7, 11) is 0. The lowest BCUT2D eigenvalue weighted by molar-refractivity contribution is -0.138. The number of aliphatic carboxylic acids is 1. The highest BCUT2D eigenvalue weighted by Gasteiger charge is 2.50. The van der Waals surface area contributed by atoms with E-state index in [0.29, 0.717) is 18.7 Å². The predicted octanol–water partition coefficient (Wildman–Crippen LogP) is 3.03. The summed E-state index contributed by atoms with van der Waals surface area (Å²) in [5, 5.41) is 14.2. The van der Waals surface area contributed by atoms with E-state index in [1.165, 1.54) is 0 Å². The highest BCUT2D eigenvalue weighted by Crippen LogP contribution is 2.40. The molecule has 92 valence electrons. The third-order valence-corrected chi connectivity index (χ3v) is 3.96. The van der Waals surface area contributed by atoms with Crippen molar-refractivity contribution in [2.45, 2.75) is 18.4 Å². The monoisotopic (exact) mass is 306 g/mol. The summed E-state index contributed by atoms with van der Waals surface area (Å²) in [6, 6.07) is 7.72. The number of carboxylic acid groups (broad SMARTS) is 1. The molecule has 4 nitrogen and oxygen atoms in total. The van der Waals surface area contributed by atoms with Gasteiger partial charge in [0.05, 0.1) is 0 Å². The van der Waals surface area contributed by atoms with Crippen LogP contribution in [0.1, 0.15) is 12.8 Å². The second-order valence-electron chi connectivity index (χ2n) is 4.51. The summed E-state index contributed by atoms with van der Waals surface area (Å²) in [5.41, 5.74) is -0.816. The van der Waals surface area contributed by atoms with Crippen molar-refractivity contribution in [3.8, 4) is 0 Å². The molecule has 0 unspecified atom stereocenters. The van der Waals surface area contributed by atoms with Gasteiger partial charge in [0, 0.05) is 21.4 Å². The fourth-order valence-corrected chi connectivity index (χ4v) is 2.51. The van der Waals surface area contributed by atoms with E-state index >= 15 is 0 Å². The van der Waals surface area contributed by atoms with Gasteiger partial charge in [-0.3, -0.25) is 0 Å². The van der Waals surface area contributed by atoms with Crippen LogP contribution >= 0.6 is 15.9 Å². The Balaban J connectivity index is 2.08. The number of carbonyl (C=O) groups is 1. The molecule has 1 aliphatic carbocycles. The van der Waals surface area contributed by atoms with Gasteiger partial charge < -0.3 is 10.4 Å². The molecule has 2 aromatic rings. The van der Waals surface area contributed by atoms with Crippen molar-refractivity contribution in [1.82, 2.24) is 4.98 Å². The predicted molar refractivity (Wildman–Crippen MR) is 72.7 cm³/mol. The number of carboxylic acids is 1. The average Bonchev–Trinajstić information content (AvgIpc) is 3.12. The molecule has 1 aromatic carbocycles. The van der Waals surface area contributed by atoms with E-state index in [1.54, 1.807) is 6.20 Å². The van der Waals surface area contributed by atoms with E-state index in [0.717, 1.165) is 15.2 Å². The van der Waals surface area contributed by atoms with Gasteiger partial charge in [-0.05, 0) is 25.0 Å². The number of pyridine rings is 1. The SMILES string of the molecule is O=C(O)C1(Nc2nccc3c(Br)cccc23)CC1. The Morgan fingerprint density at radius 1 is 1.33 bits per heavy atom. The summed E-state index contributed by atoms with van der Waals surface area (Å²) in [5.74, 6) is -0.176. The second kappa shape index (κ2) is 3.95. The number of nitrogens with zero attached hydrogens (tertiary/aromatic N) is 1. The molecular formula is C13H11BrN2O2. The molecule has 1 heterocycles. The normalized spacial score (nSPS) is 16.5. The summed E-state index contributed by atoms with van der Waals surface area (Å²) in [6.45, 7) is 0. The highest BCUT2D eigenvalue weighted by molar-refractivity contribution is 9.10. The molecule has 3 rings (SSSR count). The first kappa shape index (κ1) is 11.5. The van der Waals surface area contributed by atoms with E-state index in [-0.39, 0.29) is 0 Å². The van der Waals surface area contributed by atoms with Crippen LogP contribution in [0, 0.1) is 0 Å². The first-order chi connectivity index (χ1) is 8.62. The quantitative estimate of drug-likeness (QED) is 0.915. The maximum atomic E-state index is 11.2. The van der Waals surface area contributed by atoms with Crippen LogP contribution in [-0.2, 0) is 4.79 Å². The number of anilines is 1. The van der Waals surface area contributed by atoms with Gasteiger partial charge in [0.2, 0.25) is 0 Å². The number of nitrogens with one attached hydrogen (secondary N) is 1. The van der Waals surface area contributed by atoms with E-state index in [9.17, 15) is 9.90 Å². The number of fused-ring (bicyclic) bond motifs is 1. The number of rotatable bonds is 3. The Labute approximate surface area is 112 Å². The van der Waals surface area contributed by atoms with Crippen LogP contribution in [0.2, 0.25) is 0 Å². The summed E-state index contributed by atoms with van der Waals surface area (Å²) >= 11 is 3.48. The lowest BCUT2D eigenvalue weighted by atomic mass is 10.1. The number of halogens is 1. The molecular weight excluding hydrogens is 296 g/mol. The average molecular weight is 307 g/mol. The third kappa shape index (κ3) is 1.75. The first-order valence-corrected chi connectivity index (χ1v) is 6.46. The molecule has 0 bridgehead atoms. The van der Waals surface area contributed by atoms with Crippen LogP contribution in [-0.4, -0.2) is 21.6 Å². The van der Waals surface area contributed by atoms with E-state index in [4.69, 9.17) is 0 Å². The van der Waals surface area contributed by atoms with Crippen molar-refractivity contribution in [2.24, 2.45) is 0 Å². The van der Waals surface area contributed by atoms with E-state index in [1.807, 2.05) is 24.3 Å². The maximum absolute atomic E-state index is 11.2. The van der Waals surface area contributed by atoms with Crippen LogP contribution < -0.4 is 5.32 Å². The summed E-state index contributed by atoms with van der Waals surface area (Å²) < 4.78 is 0.977. The number of hydrogen-bond donors (Lipinski definition) is 2. The molecule has 1 aromatic heterocycles. The molecule has 1 aliphatic rings. The molecule has 1 fully saturated rings. The van der Waals surface area contributed by atoms with Crippen LogP contribution in [0.25, 0.3) is 10.8 Å². The van der Waals surface area contributed by atoms with Crippen LogP contribution in [0.3, 0.4) is 0 Å². The molecule has 18 heavy (non-hydrogen) atoms. The van der Waals surface area contributed by atoms with Gasteiger partial charge in [-0.15, -0.1) is 0 Å². The zero-order chi connectivity index (χ0) is 12.8. The fraction of sp³-hybridized carbons (Fsp3) is 0.231. The van der Waals surface area contributed by atoms with Crippen molar-refractivity contribution in [3.63, 3.8) is 0 Å². The first-order valence-electron chi connectivity index (χ1n) is 5.67. The molecule has 0 saturated heterocycles. The number of benzene rings is 1. The fourth-order valence-electron chi connectivity index (χ4n) is 2.01. The van der Waals surface area contributed by atoms with Crippen molar-refractivity contribution < 1.29 is 9.90 Å². The topological polar surface area (TPSA) is 62.2 Å². The molecule has 0 spiro atoms. The van der Waals surface area contributed by atoms with Crippen molar-refractivity contribution >= 4 is 38.5 Å². The molecule has 0 aliphatic heterocycles. The lowest BCUT2D eigenvalue weighted by Gasteiger charge is -2.15. The van der Waals surface area contributed by atoms with Gasteiger partial charge in [-0.1, -0.05) is 28.1 Å². The Morgan fingerprint density at radius 3 is 2.78 bits per heavy atom. The maximum Gasteiger partial charge on any atom is 0.329 e. The van der Waals surface area contributed by atoms with Gasteiger partial charge in [-0.2, -0.15) is 0 Å². The Hall–Kier alpha value is -1.62. The minimum absolute atomic E-state index is 0.633. The second-order valence-corrected chi connectivity index (χ2v) is 5.36. The number of hydrogen-bond acceptors (Lipinski definition) is 3. The molecule has 2 N–H and O–H groups in total. The minimum Gasteiger partial charge on any atom is -0.480 e. The van der Waals surface area contributed by atoms with Crippen LogP contribution in [0.15, 0.2) is 34.9 Å². The summed E-state index contributed by atoms with van der Waals surface area (Å²) in [4.78, 5) is 15.5. The molecule has 5 heteroatoms. The standard InChI is InChI=1S/C13H11BrN2O2/c14-10-3-1-2-9-8(10)4-7-15-11(9)16-13(5-6-13)12(17)18/h1-4,7H,5-6H2,(H,15,16)(H,17,18). The minimum atomic E-state index is -0.816. The van der Waals surface area contributed by atoms with Gasteiger partial charge in [-0.25, -0.2) is 9.78 Å². The van der Waals surface area contributed by atoms with Gasteiger partial charge in [0.15, 0.2) is 0 Å². The number of aromatic nitrogens is 1. The Bertz CT molecular complexity index is 638. The Morgan fingerprint density at radius 2 is 2.11 bits per heavy atom. The summed E-state index contributed by atoms with van der Waals surface area (Å²) in [6.07, 6.45) is 2.98. The zero-order valence-corrected chi connectivity index (χ0v) is 11.1. The van der Waals surface area contributed by atoms with Crippen molar-refractivity contribution in [3.05, 3.63) is 34.9 Å². The van der Waals surface area contributed by atoms with Gasteiger partial charge in [0.25, 0.3) is 0 Å². The zero-order valence-electron chi connectivity index (χ0n) is 9.48. The van der Waals surface area contributed by atoms with Crippen LogP contribution in [0.5, 0.6) is 0 Å². The van der Waals surface area contributed by atoms with E-state index in [2.05, 4.69) is 26.2 Å². The van der Waals surface area contributed by atoms with Gasteiger partial charge >= 0.3 is 5.97 Å². The molecule has 0 amide bonds. The Kier molecular flexibility index (Phi) is 2.52. The highest BCUT2D eigenvalue weighted by atomic mass is 79.9. The van der Waals surface area contributed by atoms with Crippen molar-refractivity contribution in [2.75, 3.05) is 5.32 Å². The van der Waals surface area contributed by atoms with Crippen LogP contribution in [0.4, 0.5) is 5.82 Å². The largest absolute Gasteiger partial charge is 0.480 e.